The number of carbonyl (C=O) groups excluding carboxylic acids is 1. The first kappa shape index (κ1) is 21.3. The van der Waals surface area contributed by atoms with Crippen molar-refractivity contribution < 1.29 is 17.9 Å². The molecule has 0 aromatic heterocycles. The van der Waals surface area contributed by atoms with Gasteiger partial charge in [0, 0.05) is 23.8 Å². The molecule has 0 radical (unpaired) electrons. The second kappa shape index (κ2) is 8.97. The highest BCUT2D eigenvalue weighted by Crippen LogP contribution is 2.27. The van der Waals surface area contributed by atoms with Crippen molar-refractivity contribution in [2.75, 3.05) is 19.0 Å². The van der Waals surface area contributed by atoms with Crippen LogP contribution in [-0.2, 0) is 10.0 Å². The van der Waals surface area contributed by atoms with Gasteiger partial charge in [-0.1, -0.05) is 13.3 Å². The van der Waals surface area contributed by atoms with E-state index in [1.54, 1.807) is 53.9 Å². The maximum atomic E-state index is 13.0. The largest absolute Gasteiger partial charge is 0.496 e. The van der Waals surface area contributed by atoms with Crippen molar-refractivity contribution in [2.45, 2.75) is 50.5 Å². The quantitative estimate of drug-likeness (QED) is 0.765. The smallest absolute Gasteiger partial charge is 0.255 e. The molecule has 1 N–H and O–H groups in total. The summed E-state index contributed by atoms with van der Waals surface area (Å²) in [5.74, 6) is 0.465. The summed E-state index contributed by atoms with van der Waals surface area (Å²) < 4.78 is 32.9. The Hall–Kier alpha value is -2.38. The number of sulfonamides is 1. The molecule has 1 aliphatic rings. The highest BCUT2D eigenvalue weighted by atomic mass is 32.2. The highest BCUT2D eigenvalue weighted by Gasteiger charge is 2.32. The number of rotatable bonds is 6. The van der Waals surface area contributed by atoms with Crippen LogP contribution >= 0.6 is 0 Å². The van der Waals surface area contributed by atoms with E-state index in [-0.39, 0.29) is 16.8 Å². The van der Waals surface area contributed by atoms with Crippen LogP contribution in [0.5, 0.6) is 5.75 Å². The zero-order chi connectivity index (χ0) is 21.0. The van der Waals surface area contributed by atoms with E-state index in [1.807, 2.05) is 13.8 Å². The van der Waals surface area contributed by atoms with Gasteiger partial charge in [0.25, 0.3) is 5.91 Å². The molecular formula is C22H28N2O4S. The lowest BCUT2D eigenvalue weighted by Gasteiger charge is -2.34. The highest BCUT2D eigenvalue weighted by molar-refractivity contribution is 7.89. The fourth-order valence-corrected chi connectivity index (χ4v) is 5.53. The van der Waals surface area contributed by atoms with E-state index >= 15 is 0 Å². The number of hydrogen-bond acceptors (Lipinski definition) is 4. The Kier molecular flexibility index (Phi) is 6.59. The van der Waals surface area contributed by atoms with E-state index in [9.17, 15) is 13.2 Å². The molecule has 0 aliphatic carbocycles. The molecule has 2 aromatic rings. The Morgan fingerprint density at radius 3 is 2.52 bits per heavy atom. The van der Waals surface area contributed by atoms with Crippen molar-refractivity contribution >= 4 is 21.6 Å². The van der Waals surface area contributed by atoms with Crippen LogP contribution in [0.25, 0.3) is 0 Å². The summed E-state index contributed by atoms with van der Waals surface area (Å²) in [7, 11) is -1.94. The van der Waals surface area contributed by atoms with E-state index in [0.717, 1.165) is 37.0 Å². The molecule has 2 aromatic carbocycles. The van der Waals surface area contributed by atoms with Gasteiger partial charge < -0.3 is 10.1 Å². The summed E-state index contributed by atoms with van der Waals surface area (Å²) in [5, 5.41) is 2.81. The van der Waals surface area contributed by atoms with Gasteiger partial charge in [-0.3, -0.25) is 4.79 Å². The zero-order valence-electron chi connectivity index (χ0n) is 17.1. The zero-order valence-corrected chi connectivity index (χ0v) is 18.0. The van der Waals surface area contributed by atoms with Gasteiger partial charge in [0.1, 0.15) is 5.75 Å². The SMILES string of the molecule is CCC1CCCCN1S(=O)(=O)c1ccc(NC(=O)c2ccc(OC)c(C)c2)cc1. The van der Waals surface area contributed by atoms with Gasteiger partial charge in [-0.05, 0) is 74.2 Å². The standard InChI is InChI=1S/C22H28N2O4S/c1-4-19-7-5-6-14-24(19)29(26,27)20-11-9-18(10-12-20)23-22(25)17-8-13-21(28-3)16(2)15-17/h8-13,15,19H,4-7,14H2,1-3H3,(H,23,25). The molecule has 1 heterocycles. The number of ether oxygens (including phenoxy) is 1. The molecule has 0 bridgehead atoms. The first-order valence-electron chi connectivity index (χ1n) is 9.94. The molecule has 1 amide bonds. The van der Waals surface area contributed by atoms with E-state index in [2.05, 4.69) is 5.32 Å². The van der Waals surface area contributed by atoms with Gasteiger partial charge in [0.05, 0.1) is 12.0 Å². The number of nitrogens with one attached hydrogen (secondary N) is 1. The Labute approximate surface area is 172 Å². The van der Waals surface area contributed by atoms with Crippen LogP contribution in [0.2, 0.25) is 0 Å². The molecule has 1 saturated heterocycles. The number of hydrogen-bond donors (Lipinski definition) is 1. The second-order valence-electron chi connectivity index (χ2n) is 7.34. The summed E-state index contributed by atoms with van der Waals surface area (Å²) in [6, 6.07) is 11.7. The number of aryl methyl sites for hydroxylation is 1. The number of piperidine rings is 1. The monoisotopic (exact) mass is 416 g/mol. The minimum absolute atomic E-state index is 0.0615. The average Bonchev–Trinajstić information content (AvgIpc) is 2.74. The van der Waals surface area contributed by atoms with Gasteiger partial charge in [-0.15, -0.1) is 0 Å². The molecule has 1 unspecified atom stereocenters. The molecule has 1 fully saturated rings. The topological polar surface area (TPSA) is 75.7 Å². The predicted molar refractivity (Wildman–Crippen MR) is 114 cm³/mol. The Morgan fingerprint density at radius 1 is 1.17 bits per heavy atom. The third-order valence-electron chi connectivity index (χ3n) is 5.42. The molecule has 156 valence electrons. The maximum Gasteiger partial charge on any atom is 0.255 e. The van der Waals surface area contributed by atoms with E-state index < -0.39 is 10.0 Å². The van der Waals surface area contributed by atoms with Crippen molar-refractivity contribution in [2.24, 2.45) is 0 Å². The molecule has 0 saturated carbocycles. The first-order valence-corrected chi connectivity index (χ1v) is 11.4. The maximum absolute atomic E-state index is 13.0. The van der Waals surface area contributed by atoms with Crippen LogP contribution in [0.3, 0.4) is 0 Å². The summed E-state index contributed by atoms with van der Waals surface area (Å²) in [6.45, 7) is 4.47. The minimum atomic E-state index is -3.53. The third kappa shape index (κ3) is 4.62. The molecule has 3 rings (SSSR count). The van der Waals surface area contributed by atoms with Crippen molar-refractivity contribution in [3.63, 3.8) is 0 Å². The molecule has 0 spiro atoms. The van der Waals surface area contributed by atoms with E-state index in [4.69, 9.17) is 4.74 Å². The summed E-state index contributed by atoms with van der Waals surface area (Å²) in [5.41, 5.74) is 1.93. The molecule has 1 atom stereocenters. The van der Waals surface area contributed by atoms with Gasteiger partial charge in [-0.2, -0.15) is 4.31 Å². The van der Waals surface area contributed by atoms with Crippen LogP contribution in [-0.4, -0.2) is 38.3 Å². The van der Waals surface area contributed by atoms with E-state index in [1.165, 1.54) is 0 Å². The Morgan fingerprint density at radius 2 is 1.90 bits per heavy atom. The molecule has 1 aliphatic heterocycles. The number of anilines is 1. The van der Waals surface area contributed by atoms with Crippen LogP contribution in [0.4, 0.5) is 5.69 Å². The Bertz CT molecular complexity index is 971. The second-order valence-corrected chi connectivity index (χ2v) is 9.23. The van der Waals surface area contributed by atoms with Gasteiger partial charge >= 0.3 is 0 Å². The van der Waals surface area contributed by atoms with Crippen molar-refractivity contribution in [3.05, 3.63) is 53.6 Å². The van der Waals surface area contributed by atoms with Gasteiger partial charge in [0.15, 0.2) is 0 Å². The molecule has 6 nitrogen and oxygen atoms in total. The number of amides is 1. The first-order chi connectivity index (χ1) is 13.9. The Balaban J connectivity index is 1.74. The molecular weight excluding hydrogens is 388 g/mol. The van der Waals surface area contributed by atoms with Crippen LogP contribution < -0.4 is 10.1 Å². The third-order valence-corrected chi connectivity index (χ3v) is 7.39. The van der Waals surface area contributed by atoms with E-state index in [0.29, 0.717) is 17.8 Å². The normalized spacial score (nSPS) is 17.7. The summed E-state index contributed by atoms with van der Waals surface area (Å²) >= 11 is 0. The van der Waals surface area contributed by atoms with Crippen molar-refractivity contribution in [1.29, 1.82) is 0 Å². The van der Waals surface area contributed by atoms with Crippen LogP contribution in [0.15, 0.2) is 47.4 Å². The average molecular weight is 417 g/mol. The molecule has 7 heteroatoms. The van der Waals surface area contributed by atoms with Crippen molar-refractivity contribution in [1.82, 2.24) is 4.31 Å². The summed E-state index contributed by atoms with van der Waals surface area (Å²) in [4.78, 5) is 12.8. The van der Waals surface area contributed by atoms with Crippen LogP contribution in [0, 0.1) is 6.92 Å². The van der Waals surface area contributed by atoms with Gasteiger partial charge in [0.2, 0.25) is 10.0 Å². The van der Waals surface area contributed by atoms with Crippen molar-refractivity contribution in [3.8, 4) is 5.75 Å². The fourth-order valence-electron chi connectivity index (χ4n) is 3.77. The lowest BCUT2D eigenvalue weighted by molar-refractivity contribution is 0.102. The lowest BCUT2D eigenvalue weighted by atomic mass is 10.0. The molecule has 29 heavy (non-hydrogen) atoms. The van der Waals surface area contributed by atoms with Crippen LogP contribution in [0.1, 0.15) is 48.5 Å². The minimum Gasteiger partial charge on any atom is -0.496 e. The number of benzene rings is 2. The fraction of sp³-hybridized carbons (Fsp3) is 0.409. The lowest BCUT2D eigenvalue weighted by Crippen LogP contribution is -2.43. The number of methoxy groups -OCH3 is 1. The predicted octanol–water partition coefficient (Wildman–Crippen LogP) is 4.21. The van der Waals surface area contributed by atoms with Gasteiger partial charge in [-0.25, -0.2) is 8.42 Å². The number of nitrogens with zero attached hydrogens (tertiary/aromatic N) is 1. The number of carbonyl (C=O) groups is 1. The summed E-state index contributed by atoms with van der Waals surface area (Å²) in [6.07, 6.45) is 3.69.